The maximum atomic E-state index is 9.41. The monoisotopic (exact) mass is 255 g/mol. The van der Waals surface area contributed by atoms with Crippen molar-refractivity contribution in [3.05, 3.63) is 22.9 Å². The van der Waals surface area contributed by atoms with Gasteiger partial charge >= 0.3 is 0 Å². The van der Waals surface area contributed by atoms with Gasteiger partial charge in [0.15, 0.2) is 0 Å². The molecular formula is C16H21N3. The van der Waals surface area contributed by atoms with Crippen LogP contribution < -0.4 is 4.90 Å². The third-order valence-corrected chi connectivity index (χ3v) is 4.20. The fraction of sp³-hybridized carbons (Fsp3) is 0.625. The van der Waals surface area contributed by atoms with Crippen LogP contribution >= 0.6 is 0 Å². The van der Waals surface area contributed by atoms with Gasteiger partial charge in [-0.15, -0.1) is 0 Å². The van der Waals surface area contributed by atoms with E-state index < -0.39 is 0 Å². The first kappa shape index (κ1) is 12.5. The van der Waals surface area contributed by atoms with Gasteiger partial charge < -0.3 is 4.90 Å². The first-order valence-corrected chi connectivity index (χ1v) is 7.38. The number of hydrogen-bond acceptors (Lipinski definition) is 3. The van der Waals surface area contributed by atoms with Crippen molar-refractivity contribution in [2.45, 2.75) is 52.0 Å². The number of hydrogen-bond donors (Lipinski definition) is 0. The number of nitrogens with zero attached hydrogens (tertiary/aromatic N) is 3. The number of rotatable bonds is 4. The van der Waals surface area contributed by atoms with Gasteiger partial charge in [0.2, 0.25) is 0 Å². The molecule has 1 fully saturated rings. The van der Waals surface area contributed by atoms with Crippen LogP contribution in [0.5, 0.6) is 0 Å². The van der Waals surface area contributed by atoms with E-state index in [-0.39, 0.29) is 0 Å². The molecule has 1 heterocycles. The highest BCUT2D eigenvalue weighted by atomic mass is 15.2. The number of aromatic nitrogens is 1. The van der Waals surface area contributed by atoms with E-state index in [2.05, 4.69) is 30.9 Å². The Hall–Kier alpha value is -1.56. The molecule has 1 aromatic rings. The Bertz CT molecular complexity index is 524. The van der Waals surface area contributed by atoms with Crippen LogP contribution in [-0.4, -0.2) is 17.6 Å². The largest absolute Gasteiger partial charge is 0.353 e. The Balaban J connectivity index is 1.98. The summed E-state index contributed by atoms with van der Waals surface area (Å²) in [6.07, 6.45) is 6.00. The lowest BCUT2D eigenvalue weighted by Crippen LogP contribution is -2.34. The quantitative estimate of drug-likeness (QED) is 0.830. The molecule has 0 radical (unpaired) electrons. The maximum absolute atomic E-state index is 9.41. The molecule has 0 spiro atoms. The van der Waals surface area contributed by atoms with Gasteiger partial charge in [-0.1, -0.05) is 0 Å². The molecular weight excluding hydrogens is 234 g/mol. The number of fused-ring (bicyclic) bond motifs is 1. The SMILES string of the molecule is CC(C)N(CC1CC1)c1nc2c(cc1C#N)CCC2. The molecule has 19 heavy (non-hydrogen) atoms. The van der Waals surface area contributed by atoms with E-state index >= 15 is 0 Å². The first-order valence-electron chi connectivity index (χ1n) is 7.38. The third-order valence-electron chi connectivity index (χ3n) is 4.20. The van der Waals surface area contributed by atoms with Gasteiger partial charge in [0, 0.05) is 18.3 Å². The van der Waals surface area contributed by atoms with Gasteiger partial charge in [-0.25, -0.2) is 4.98 Å². The Morgan fingerprint density at radius 3 is 2.84 bits per heavy atom. The number of anilines is 1. The van der Waals surface area contributed by atoms with Crippen molar-refractivity contribution in [3.63, 3.8) is 0 Å². The molecule has 0 saturated heterocycles. The molecule has 3 rings (SSSR count). The van der Waals surface area contributed by atoms with Crippen molar-refractivity contribution in [3.8, 4) is 6.07 Å². The van der Waals surface area contributed by atoms with E-state index in [4.69, 9.17) is 4.98 Å². The van der Waals surface area contributed by atoms with Crippen LogP contribution in [0.3, 0.4) is 0 Å². The van der Waals surface area contributed by atoms with Gasteiger partial charge in [-0.3, -0.25) is 0 Å². The molecule has 0 atom stereocenters. The number of aryl methyl sites for hydroxylation is 2. The number of nitriles is 1. The fourth-order valence-electron chi connectivity index (χ4n) is 2.88. The lowest BCUT2D eigenvalue weighted by molar-refractivity contribution is 0.634. The first-order chi connectivity index (χ1) is 9.19. The molecule has 0 amide bonds. The van der Waals surface area contributed by atoms with Gasteiger partial charge in [-0.05, 0) is 63.5 Å². The summed E-state index contributed by atoms with van der Waals surface area (Å²) in [6, 6.07) is 4.83. The van der Waals surface area contributed by atoms with Gasteiger partial charge in [0.05, 0.1) is 5.56 Å². The smallest absolute Gasteiger partial charge is 0.147 e. The molecule has 0 bridgehead atoms. The summed E-state index contributed by atoms with van der Waals surface area (Å²) in [5, 5.41) is 9.41. The standard InChI is InChI=1S/C16H21N3/c1-11(2)19(10-12-6-7-12)16-14(9-17)8-13-4-3-5-15(13)18-16/h8,11-12H,3-7,10H2,1-2H3. The third kappa shape index (κ3) is 2.45. The Morgan fingerprint density at radius 1 is 1.42 bits per heavy atom. The van der Waals surface area contributed by atoms with Crippen molar-refractivity contribution in [2.24, 2.45) is 5.92 Å². The van der Waals surface area contributed by atoms with Crippen LogP contribution in [0.25, 0.3) is 0 Å². The summed E-state index contributed by atoms with van der Waals surface area (Å²) in [7, 11) is 0. The second-order valence-corrected chi connectivity index (χ2v) is 6.12. The summed E-state index contributed by atoms with van der Waals surface area (Å²) in [5.41, 5.74) is 3.26. The average Bonchev–Trinajstić information content (AvgIpc) is 3.10. The summed E-state index contributed by atoms with van der Waals surface area (Å²) < 4.78 is 0. The molecule has 0 N–H and O–H groups in total. The molecule has 100 valence electrons. The van der Waals surface area contributed by atoms with E-state index in [1.807, 2.05) is 0 Å². The Kier molecular flexibility index (Phi) is 3.18. The normalized spacial score (nSPS) is 17.4. The van der Waals surface area contributed by atoms with Crippen molar-refractivity contribution in [1.29, 1.82) is 5.26 Å². The van der Waals surface area contributed by atoms with Gasteiger partial charge in [0.1, 0.15) is 11.9 Å². The lowest BCUT2D eigenvalue weighted by atomic mass is 10.1. The average molecular weight is 255 g/mol. The zero-order chi connectivity index (χ0) is 13.4. The summed E-state index contributed by atoms with van der Waals surface area (Å²) in [4.78, 5) is 7.16. The zero-order valence-electron chi connectivity index (χ0n) is 11.8. The van der Waals surface area contributed by atoms with Crippen LogP contribution in [-0.2, 0) is 12.8 Å². The Labute approximate surface area is 115 Å². The van der Waals surface area contributed by atoms with E-state index in [9.17, 15) is 5.26 Å². The molecule has 0 unspecified atom stereocenters. The molecule has 3 nitrogen and oxygen atoms in total. The zero-order valence-corrected chi connectivity index (χ0v) is 11.8. The van der Waals surface area contributed by atoms with E-state index in [0.717, 1.165) is 36.7 Å². The molecule has 1 aromatic heterocycles. The minimum absolute atomic E-state index is 0.402. The minimum atomic E-state index is 0.402. The van der Waals surface area contributed by atoms with Crippen LogP contribution in [0.15, 0.2) is 6.07 Å². The summed E-state index contributed by atoms with van der Waals surface area (Å²) in [5.74, 6) is 1.73. The molecule has 3 heteroatoms. The van der Waals surface area contributed by atoms with Crippen molar-refractivity contribution in [2.75, 3.05) is 11.4 Å². The van der Waals surface area contributed by atoms with Crippen LogP contribution in [0.1, 0.15) is 49.9 Å². The summed E-state index contributed by atoms with van der Waals surface area (Å²) >= 11 is 0. The van der Waals surface area contributed by atoms with Gasteiger partial charge in [-0.2, -0.15) is 5.26 Å². The van der Waals surface area contributed by atoms with Crippen LogP contribution in [0, 0.1) is 17.2 Å². The highest BCUT2D eigenvalue weighted by molar-refractivity contribution is 5.57. The second kappa shape index (κ2) is 4.85. The molecule has 0 aliphatic heterocycles. The predicted octanol–water partition coefficient (Wildman–Crippen LogP) is 3.07. The van der Waals surface area contributed by atoms with Crippen molar-refractivity contribution < 1.29 is 0 Å². The van der Waals surface area contributed by atoms with E-state index in [0.29, 0.717) is 6.04 Å². The number of pyridine rings is 1. The van der Waals surface area contributed by atoms with E-state index in [1.54, 1.807) is 0 Å². The van der Waals surface area contributed by atoms with E-state index in [1.165, 1.54) is 30.5 Å². The van der Waals surface area contributed by atoms with Gasteiger partial charge in [0.25, 0.3) is 0 Å². The van der Waals surface area contributed by atoms with Crippen LogP contribution in [0.2, 0.25) is 0 Å². The lowest BCUT2D eigenvalue weighted by Gasteiger charge is -2.29. The molecule has 2 aliphatic rings. The van der Waals surface area contributed by atoms with Crippen LogP contribution in [0.4, 0.5) is 5.82 Å². The molecule has 0 aromatic carbocycles. The van der Waals surface area contributed by atoms with Crippen molar-refractivity contribution >= 4 is 5.82 Å². The fourth-order valence-corrected chi connectivity index (χ4v) is 2.88. The second-order valence-electron chi connectivity index (χ2n) is 6.12. The maximum Gasteiger partial charge on any atom is 0.147 e. The minimum Gasteiger partial charge on any atom is -0.353 e. The molecule has 1 saturated carbocycles. The van der Waals surface area contributed by atoms with Crippen molar-refractivity contribution in [1.82, 2.24) is 4.98 Å². The highest BCUT2D eigenvalue weighted by Gasteiger charge is 2.28. The highest BCUT2D eigenvalue weighted by Crippen LogP contribution is 2.34. The Morgan fingerprint density at radius 2 is 2.21 bits per heavy atom. The predicted molar refractivity (Wildman–Crippen MR) is 76.2 cm³/mol. The topological polar surface area (TPSA) is 39.9 Å². The summed E-state index contributed by atoms with van der Waals surface area (Å²) in [6.45, 7) is 5.44. The molecule has 2 aliphatic carbocycles.